The molecule has 1 aliphatic heterocycles. The SMILES string of the molecule is CCC(CC1CCN(c2cc(OC)ccc2OC)C1)C(=O)O. The number of rotatable bonds is 7. The lowest BCUT2D eigenvalue weighted by atomic mass is 9.92. The van der Waals surface area contributed by atoms with Gasteiger partial charge in [0.15, 0.2) is 0 Å². The summed E-state index contributed by atoms with van der Waals surface area (Å²) in [6.45, 7) is 3.73. The van der Waals surface area contributed by atoms with E-state index in [0.717, 1.165) is 43.1 Å². The van der Waals surface area contributed by atoms with Gasteiger partial charge in [-0.2, -0.15) is 0 Å². The Hall–Kier alpha value is -1.91. The molecule has 0 saturated carbocycles. The van der Waals surface area contributed by atoms with Crippen LogP contribution in [0.5, 0.6) is 11.5 Å². The summed E-state index contributed by atoms with van der Waals surface area (Å²) in [5, 5.41) is 9.22. The Morgan fingerprint density at radius 1 is 1.41 bits per heavy atom. The molecule has 0 radical (unpaired) electrons. The van der Waals surface area contributed by atoms with Crippen LogP contribution < -0.4 is 14.4 Å². The van der Waals surface area contributed by atoms with Crippen LogP contribution >= 0.6 is 0 Å². The van der Waals surface area contributed by atoms with Crippen LogP contribution in [0.1, 0.15) is 26.2 Å². The predicted molar refractivity (Wildman–Crippen MR) is 85.9 cm³/mol. The predicted octanol–water partition coefficient (Wildman–Crippen LogP) is 3.03. The number of benzene rings is 1. The molecule has 2 atom stereocenters. The van der Waals surface area contributed by atoms with Gasteiger partial charge in [0.25, 0.3) is 0 Å². The fraction of sp³-hybridized carbons (Fsp3) is 0.588. The van der Waals surface area contributed by atoms with Gasteiger partial charge in [0.1, 0.15) is 11.5 Å². The van der Waals surface area contributed by atoms with Crippen LogP contribution in [-0.4, -0.2) is 38.4 Å². The first-order valence-electron chi connectivity index (χ1n) is 7.78. The lowest BCUT2D eigenvalue weighted by Crippen LogP contribution is -2.22. The summed E-state index contributed by atoms with van der Waals surface area (Å²) >= 11 is 0. The lowest BCUT2D eigenvalue weighted by Gasteiger charge is -2.22. The largest absolute Gasteiger partial charge is 0.497 e. The molecule has 1 fully saturated rings. The fourth-order valence-corrected chi connectivity index (χ4v) is 3.13. The Morgan fingerprint density at radius 2 is 2.18 bits per heavy atom. The molecular weight excluding hydrogens is 282 g/mol. The second-order valence-electron chi connectivity index (χ2n) is 5.82. The van der Waals surface area contributed by atoms with Gasteiger partial charge in [0.05, 0.1) is 25.8 Å². The Balaban J connectivity index is 2.08. The Kier molecular flexibility index (Phi) is 5.52. The van der Waals surface area contributed by atoms with Gasteiger partial charge in [-0.25, -0.2) is 0 Å². The van der Waals surface area contributed by atoms with E-state index < -0.39 is 5.97 Å². The van der Waals surface area contributed by atoms with E-state index in [4.69, 9.17) is 9.47 Å². The molecule has 0 aliphatic carbocycles. The topological polar surface area (TPSA) is 59.0 Å². The highest BCUT2D eigenvalue weighted by Crippen LogP contribution is 2.36. The second kappa shape index (κ2) is 7.38. The van der Waals surface area contributed by atoms with Crippen molar-refractivity contribution in [1.29, 1.82) is 0 Å². The van der Waals surface area contributed by atoms with E-state index in [9.17, 15) is 9.90 Å². The summed E-state index contributed by atoms with van der Waals surface area (Å²) < 4.78 is 10.7. The zero-order valence-electron chi connectivity index (χ0n) is 13.5. The van der Waals surface area contributed by atoms with Crippen molar-refractivity contribution in [2.24, 2.45) is 11.8 Å². The Bertz CT molecular complexity index is 517. The second-order valence-corrected chi connectivity index (χ2v) is 5.82. The molecule has 0 spiro atoms. The molecule has 5 heteroatoms. The monoisotopic (exact) mass is 307 g/mol. The number of carbonyl (C=O) groups is 1. The minimum Gasteiger partial charge on any atom is -0.497 e. The molecule has 0 aromatic heterocycles. The van der Waals surface area contributed by atoms with Gasteiger partial charge in [-0.1, -0.05) is 6.92 Å². The molecule has 2 unspecified atom stereocenters. The number of methoxy groups -OCH3 is 2. The molecule has 0 bridgehead atoms. The first-order valence-corrected chi connectivity index (χ1v) is 7.78. The first-order chi connectivity index (χ1) is 10.6. The van der Waals surface area contributed by atoms with Gasteiger partial charge < -0.3 is 19.5 Å². The number of carboxylic acids is 1. The van der Waals surface area contributed by atoms with Crippen LogP contribution in [0.2, 0.25) is 0 Å². The van der Waals surface area contributed by atoms with Crippen LogP contribution in [0.3, 0.4) is 0 Å². The zero-order chi connectivity index (χ0) is 16.1. The van der Waals surface area contributed by atoms with Gasteiger partial charge in [0.2, 0.25) is 0 Å². The molecule has 2 rings (SSSR count). The number of anilines is 1. The fourth-order valence-electron chi connectivity index (χ4n) is 3.13. The third kappa shape index (κ3) is 3.64. The molecule has 22 heavy (non-hydrogen) atoms. The van der Waals surface area contributed by atoms with E-state index in [0.29, 0.717) is 12.3 Å². The summed E-state index contributed by atoms with van der Waals surface area (Å²) in [5.41, 5.74) is 1.02. The molecule has 1 saturated heterocycles. The summed E-state index contributed by atoms with van der Waals surface area (Å²) in [6.07, 6.45) is 2.45. The average Bonchev–Trinajstić information content (AvgIpc) is 3.00. The van der Waals surface area contributed by atoms with Crippen LogP contribution in [0.4, 0.5) is 5.69 Å². The van der Waals surface area contributed by atoms with Crippen molar-refractivity contribution in [2.45, 2.75) is 26.2 Å². The van der Waals surface area contributed by atoms with Crippen LogP contribution in [0.15, 0.2) is 18.2 Å². The summed E-state index contributed by atoms with van der Waals surface area (Å²) in [4.78, 5) is 13.5. The highest BCUT2D eigenvalue weighted by molar-refractivity contribution is 5.70. The maximum Gasteiger partial charge on any atom is 0.306 e. The standard InChI is InChI=1S/C17H25NO4/c1-4-13(17(19)20)9-12-7-8-18(11-12)15-10-14(21-2)5-6-16(15)22-3/h5-6,10,12-13H,4,7-9,11H2,1-3H3,(H,19,20). The number of nitrogens with zero attached hydrogens (tertiary/aromatic N) is 1. The van der Waals surface area contributed by atoms with E-state index in [1.165, 1.54) is 0 Å². The highest BCUT2D eigenvalue weighted by atomic mass is 16.5. The highest BCUT2D eigenvalue weighted by Gasteiger charge is 2.29. The van der Waals surface area contributed by atoms with Crippen molar-refractivity contribution in [1.82, 2.24) is 0 Å². The van der Waals surface area contributed by atoms with Gasteiger partial charge in [-0.3, -0.25) is 4.79 Å². The molecule has 1 N–H and O–H groups in total. The number of hydrogen-bond donors (Lipinski definition) is 1. The molecule has 5 nitrogen and oxygen atoms in total. The van der Waals surface area contributed by atoms with E-state index in [2.05, 4.69) is 4.90 Å². The number of hydrogen-bond acceptors (Lipinski definition) is 4. The molecular formula is C17H25NO4. The van der Waals surface area contributed by atoms with E-state index >= 15 is 0 Å². The van der Waals surface area contributed by atoms with Gasteiger partial charge in [-0.15, -0.1) is 0 Å². The lowest BCUT2D eigenvalue weighted by molar-refractivity contribution is -0.142. The molecule has 1 aromatic carbocycles. The zero-order valence-corrected chi connectivity index (χ0v) is 13.5. The number of carboxylic acid groups (broad SMARTS) is 1. The van der Waals surface area contributed by atoms with Gasteiger partial charge in [-0.05, 0) is 37.3 Å². The van der Waals surface area contributed by atoms with E-state index in [-0.39, 0.29) is 5.92 Å². The molecule has 1 aliphatic rings. The van der Waals surface area contributed by atoms with Crippen molar-refractivity contribution in [3.63, 3.8) is 0 Å². The van der Waals surface area contributed by atoms with E-state index in [1.807, 2.05) is 25.1 Å². The maximum atomic E-state index is 11.2. The average molecular weight is 307 g/mol. The van der Waals surface area contributed by atoms with Crippen LogP contribution in [0, 0.1) is 11.8 Å². The van der Waals surface area contributed by atoms with Gasteiger partial charge >= 0.3 is 5.97 Å². The quantitative estimate of drug-likeness (QED) is 0.839. The van der Waals surface area contributed by atoms with Crippen molar-refractivity contribution in [3.8, 4) is 11.5 Å². The summed E-state index contributed by atoms with van der Waals surface area (Å²) in [7, 11) is 3.31. The van der Waals surface area contributed by atoms with E-state index in [1.54, 1.807) is 14.2 Å². The minimum absolute atomic E-state index is 0.239. The van der Waals surface area contributed by atoms with Crippen LogP contribution in [0.25, 0.3) is 0 Å². The van der Waals surface area contributed by atoms with Gasteiger partial charge in [0, 0.05) is 19.2 Å². The molecule has 122 valence electrons. The Morgan fingerprint density at radius 3 is 2.77 bits per heavy atom. The van der Waals surface area contributed by atoms with Crippen molar-refractivity contribution < 1.29 is 19.4 Å². The van der Waals surface area contributed by atoms with Crippen LogP contribution in [-0.2, 0) is 4.79 Å². The van der Waals surface area contributed by atoms with Crippen molar-refractivity contribution >= 4 is 11.7 Å². The maximum absolute atomic E-state index is 11.2. The molecule has 1 heterocycles. The van der Waals surface area contributed by atoms with Crippen molar-refractivity contribution in [3.05, 3.63) is 18.2 Å². The summed E-state index contributed by atoms with van der Waals surface area (Å²) in [6, 6.07) is 5.77. The Labute approximate surface area is 131 Å². The number of ether oxygens (including phenoxy) is 2. The smallest absolute Gasteiger partial charge is 0.306 e. The normalized spacial score (nSPS) is 19.0. The first kappa shape index (κ1) is 16.5. The summed E-state index contributed by atoms with van der Waals surface area (Å²) in [5.74, 6) is 1.12. The minimum atomic E-state index is -0.681. The molecule has 1 aromatic rings. The third-order valence-corrected chi connectivity index (χ3v) is 4.47. The van der Waals surface area contributed by atoms with Crippen molar-refractivity contribution in [2.75, 3.05) is 32.2 Å². The number of aliphatic carboxylic acids is 1. The third-order valence-electron chi connectivity index (χ3n) is 4.47. The molecule has 0 amide bonds.